The fourth-order valence-electron chi connectivity index (χ4n) is 1.88. The molecule has 0 heterocycles. The van der Waals surface area contributed by atoms with E-state index in [0.29, 0.717) is 5.56 Å². The zero-order valence-electron chi connectivity index (χ0n) is 13.6. The normalized spacial score (nSPS) is 14.1. The summed E-state index contributed by atoms with van der Waals surface area (Å²) in [6.07, 6.45) is -2.79. The molecule has 0 unspecified atom stereocenters. The Morgan fingerprint density at radius 3 is 1.75 bits per heavy atom. The number of hydrogen-bond acceptors (Lipinski definition) is 2. The molecule has 24 heavy (non-hydrogen) atoms. The second kappa shape index (κ2) is 6.99. The molecule has 2 nitrogen and oxygen atoms in total. The number of hydrogen-bond donors (Lipinski definition) is 0. The molecule has 0 fully saturated rings. The molecular weight excluding hydrogens is 335 g/mol. The van der Waals surface area contributed by atoms with Gasteiger partial charge in [-0.15, -0.1) is 0 Å². The maximum Gasteiger partial charge on any atom is 0.416 e. The van der Waals surface area contributed by atoms with Crippen molar-refractivity contribution in [2.24, 2.45) is 4.40 Å². The topological polar surface area (TPSA) is 35.4 Å². The van der Waals surface area contributed by atoms with Crippen LogP contribution in [0.5, 0.6) is 0 Å². The van der Waals surface area contributed by atoms with Gasteiger partial charge in [0.05, 0.1) is 11.8 Å². The number of halogens is 3. The van der Waals surface area contributed by atoms with E-state index in [1.807, 2.05) is 20.8 Å². The molecule has 1 atom stereocenters. The lowest BCUT2D eigenvalue weighted by atomic mass is 10.0. The van der Waals surface area contributed by atoms with Crippen LogP contribution in [0.1, 0.15) is 31.9 Å². The Labute approximate surface area is 142 Å². The highest BCUT2D eigenvalue weighted by molar-refractivity contribution is 7.91. The molecule has 0 saturated heterocycles. The number of benzene rings is 2. The molecule has 0 radical (unpaired) electrons. The van der Waals surface area contributed by atoms with Gasteiger partial charge in [0.15, 0.2) is 0 Å². The Bertz CT molecular complexity index is 701. The minimum atomic E-state index is -4.33. The van der Waals surface area contributed by atoms with E-state index in [1.54, 1.807) is 24.3 Å². The Morgan fingerprint density at radius 2 is 1.33 bits per heavy atom. The first-order chi connectivity index (χ1) is 11.1. The highest BCUT2D eigenvalue weighted by Gasteiger charge is 2.30. The molecular formula is C18H18F3NOS. The predicted octanol–water partition coefficient (Wildman–Crippen LogP) is 5.25. The number of nitrogens with zero attached hydrogens (tertiary/aromatic N) is 1. The van der Waals surface area contributed by atoms with Gasteiger partial charge < -0.3 is 4.55 Å². The molecule has 2 aromatic rings. The van der Waals surface area contributed by atoms with Gasteiger partial charge in [-0.2, -0.15) is 13.2 Å². The van der Waals surface area contributed by atoms with Gasteiger partial charge in [0.2, 0.25) is 0 Å². The molecule has 0 aliphatic rings. The van der Waals surface area contributed by atoms with Gasteiger partial charge in [-0.05, 0) is 49.6 Å². The molecule has 0 aromatic heterocycles. The van der Waals surface area contributed by atoms with Crippen molar-refractivity contribution in [2.45, 2.75) is 31.7 Å². The van der Waals surface area contributed by atoms with Crippen LogP contribution in [0.3, 0.4) is 0 Å². The SMILES string of the molecule is CC(C)(C)[S@@+]([O-])/N=C/c1ccc(-c2ccc(C(F)(F)F)cc2)cc1. The predicted molar refractivity (Wildman–Crippen MR) is 92.4 cm³/mol. The summed E-state index contributed by atoms with van der Waals surface area (Å²) in [6, 6.07) is 12.2. The van der Waals surface area contributed by atoms with Crippen LogP contribution in [0.25, 0.3) is 11.1 Å². The zero-order valence-corrected chi connectivity index (χ0v) is 14.4. The van der Waals surface area contributed by atoms with Gasteiger partial charge in [0.1, 0.15) is 16.1 Å². The summed E-state index contributed by atoms with van der Waals surface area (Å²) in [7, 11) is 0. The molecule has 0 saturated carbocycles. The van der Waals surface area contributed by atoms with Gasteiger partial charge in [-0.3, -0.25) is 0 Å². The van der Waals surface area contributed by atoms with E-state index in [-0.39, 0.29) is 0 Å². The van der Waals surface area contributed by atoms with Gasteiger partial charge in [0.25, 0.3) is 0 Å². The van der Waals surface area contributed by atoms with Crippen molar-refractivity contribution >= 4 is 17.6 Å². The van der Waals surface area contributed by atoms with Crippen LogP contribution in [0, 0.1) is 0 Å². The standard InChI is InChI=1S/C18H18F3NOS/c1-17(2,3)24(23)22-12-13-4-6-14(7-5-13)15-8-10-16(11-9-15)18(19,20)21/h4-12H,1-3H3/b22-12+/t24-/m1/s1. The molecule has 0 N–H and O–H groups in total. The van der Waals surface area contributed by atoms with Crippen molar-refractivity contribution in [3.63, 3.8) is 0 Å². The monoisotopic (exact) mass is 353 g/mol. The second-order valence-electron chi connectivity index (χ2n) is 6.29. The average molecular weight is 353 g/mol. The van der Waals surface area contributed by atoms with Crippen LogP contribution in [0.2, 0.25) is 0 Å². The molecule has 0 aliphatic carbocycles. The number of alkyl halides is 3. The lowest BCUT2D eigenvalue weighted by Crippen LogP contribution is -2.25. The Balaban J connectivity index is 2.13. The summed E-state index contributed by atoms with van der Waals surface area (Å²) in [5, 5.41) is 0. The highest BCUT2D eigenvalue weighted by Crippen LogP contribution is 2.31. The molecule has 2 rings (SSSR count). The third-order valence-electron chi connectivity index (χ3n) is 3.28. The first-order valence-electron chi connectivity index (χ1n) is 7.31. The van der Waals surface area contributed by atoms with Crippen LogP contribution >= 0.6 is 0 Å². The van der Waals surface area contributed by atoms with Crippen molar-refractivity contribution in [1.29, 1.82) is 0 Å². The number of rotatable bonds is 3. The lowest BCUT2D eigenvalue weighted by molar-refractivity contribution is -0.137. The first-order valence-corrected chi connectivity index (χ1v) is 8.42. The summed E-state index contributed by atoms with van der Waals surface area (Å²) >= 11 is -1.33. The molecule has 0 bridgehead atoms. The molecule has 6 heteroatoms. The Morgan fingerprint density at radius 1 is 0.875 bits per heavy atom. The highest BCUT2D eigenvalue weighted by atomic mass is 32.2. The summed E-state index contributed by atoms with van der Waals surface area (Å²) in [6.45, 7) is 5.52. The van der Waals surface area contributed by atoms with E-state index < -0.39 is 27.8 Å². The third kappa shape index (κ3) is 4.85. The smallest absolute Gasteiger partial charge is 0.416 e. The van der Waals surface area contributed by atoms with E-state index in [1.165, 1.54) is 18.3 Å². The summed E-state index contributed by atoms with van der Waals surface area (Å²) in [4.78, 5) is 0. The largest absolute Gasteiger partial charge is 0.591 e. The maximum absolute atomic E-state index is 12.6. The first kappa shape index (κ1) is 18.5. The molecule has 0 spiro atoms. The molecule has 0 amide bonds. The van der Waals surface area contributed by atoms with Gasteiger partial charge in [-0.1, -0.05) is 40.8 Å². The fraction of sp³-hybridized carbons (Fsp3) is 0.278. The quantitative estimate of drug-likeness (QED) is 0.548. The van der Waals surface area contributed by atoms with E-state index in [2.05, 4.69) is 4.40 Å². The Kier molecular flexibility index (Phi) is 5.40. The second-order valence-corrected chi connectivity index (χ2v) is 8.23. The molecule has 128 valence electrons. The van der Waals surface area contributed by atoms with Crippen LogP contribution < -0.4 is 0 Å². The van der Waals surface area contributed by atoms with E-state index >= 15 is 0 Å². The molecule has 2 aromatic carbocycles. The van der Waals surface area contributed by atoms with Gasteiger partial charge >= 0.3 is 6.18 Å². The van der Waals surface area contributed by atoms with Gasteiger partial charge in [-0.25, -0.2) is 0 Å². The van der Waals surface area contributed by atoms with Crippen LogP contribution in [0.15, 0.2) is 52.9 Å². The molecule has 0 aliphatic heterocycles. The summed E-state index contributed by atoms with van der Waals surface area (Å²) < 4.78 is 53.2. The van der Waals surface area contributed by atoms with Crippen LogP contribution in [-0.2, 0) is 17.5 Å². The third-order valence-corrected chi connectivity index (χ3v) is 4.62. The minimum Gasteiger partial charge on any atom is -0.591 e. The van der Waals surface area contributed by atoms with Crippen molar-refractivity contribution < 1.29 is 17.7 Å². The summed E-state index contributed by atoms with van der Waals surface area (Å²) in [5.74, 6) is 0. The Hall–Kier alpha value is -1.79. The van der Waals surface area contributed by atoms with E-state index in [0.717, 1.165) is 23.3 Å². The van der Waals surface area contributed by atoms with E-state index in [4.69, 9.17) is 0 Å². The fourth-order valence-corrected chi connectivity index (χ4v) is 2.41. The van der Waals surface area contributed by atoms with Crippen molar-refractivity contribution in [1.82, 2.24) is 0 Å². The maximum atomic E-state index is 12.6. The van der Waals surface area contributed by atoms with Gasteiger partial charge in [0, 0.05) is 0 Å². The zero-order chi connectivity index (χ0) is 18.0. The van der Waals surface area contributed by atoms with E-state index in [9.17, 15) is 17.7 Å². The lowest BCUT2D eigenvalue weighted by Gasteiger charge is -2.17. The van der Waals surface area contributed by atoms with Crippen molar-refractivity contribution in [2.75, 3.05) is 0 Å². The van der Waals surface area contributed by atoms with Crippen molar-refractivity contribution in [3.05, 3.63) is 59.7 Å². The minimum absolute atomic E-state index is 0.420. The summed E-state index contributed by atoms with van der Waals surface area (Å²) in [5.41, 5.74) is 1.62. The average Bonchev–Trinajstić information content (AvgIpc) is 2.51. The van der Waals surface area contributed by atoms with Crippen LogP contribution in [0.4, 0.5) is 13.2 Å². The van der Waals surface area contributed by atoms with Crippen molar-refractivity contribution in [3.8, 4) is 11.1 Å². The van der Waals surface area contributed by atoms with Crippen LogP contribution in [-0.4, -0.2) is 15.5 Å².